The molecule has 4 N–H and O–H groups in total. The molecule has 0 heterocycles. The Hall–Kier alpha value is -1.74. The normalized spacial score (nSPS) is 10.2. The second-order valence-corrected chi connectivity index (χ2v) is 3.59. The van der Waals surface area contributed by atoms with Gasteiger partial charge in [0.05, 0.1) is 5.69 Å². The van der Waals surface area contributed by atoms with Crippen molar-refractivity contribution in [2.45, 2.75) is 0 Å². The van der Waals surface area contributed by atoms with Crippen LogP contribution in [0.2, 0.25) is 5.02 Å². The third-order valence-corrected chi connectivity index (χ3v) is 2.40. The van der Waals surface area contributed by atoms with Crippen molar-refractivity contribution < 1.29 is 0 Å². The fraction of sp³-hybridized carbons (Fsp3) is 0. The van der Waals surface area contributed by atoms with Gasteiger partial charge >= 0.3 is 0 Å². The lowest BCUT2D eigenvalue weighted by Gasteiger charge is -2.01. The van der Waals surface area contributed by atoms with Crippen LogP contribution < -0.4 is 11.5 Å². The molecule has 0 bridgehead atoms. The van der Waals surface area contributed by atoms with Crippen molar-refractivity contribution in [3.63, 3.8) is 0 Å². The van der Waals surface area contributed by atoms with Crippen LogP contribution in [-0.2, 0) is 0 Å². The van der Waals surface area contributed by atoms with Crippen molar-refractivity contribution in [2.24, 2.45) is 16.5 Å². The molecule has 0 aliphatic carbocycles. The van der Waals surface area contributed by atoms with Crippen LogP contribution >= 0.6 is 11.6 Å². The topological polar surface area (TPSA) is 64.4 Å². The van der Waals surface area contributed by atoms with Gasteiger partial charge < -0.3 is 11.5 Å². The van der Waals surface area contributed by atoms with E-state index < -0.39 is 0 Å². The Morgan fingerprint density at radius 1 is 1.13 bits per heavy atom. The first kappa shape index (κ1) is 9.80. The fourth-order valence-electron chi connectivity index (χ4n) is 1.45. The van der Waals surface area contributed by atoms with Crippen LogP contribution in [0.1, 0.15) is 0 Å². The van der Waals surface area contributed by atoms with E-state index in [-0.39, 0.29) is 5.96 Å². The van der Waals surface area contributed by atoms with Crippen molar-refractivity contribution in [1.82, 2.24) is 0 Å². The number of benzene rings is 2. The maximum absolute atomic E-state index is 6.03. The molecule has 3 nitrogen and oxygen atoms in total. The molecule has 0 fully saturated rings. The van der Waals surface area contributed by atoms with Gasteiger partial charge in [0.15, 0.2) is 5.96 Å². The van der Waals surface area contributed by atoms with E-state index in [2.05, 4.69) is 4.99 Å². The van der Waals surface area contributed by atoms with E-state index in [1.165, 1.54) is 0 Å². The van der Waals surface area contributed by atoms with Gasteiger partial charge in [-0.2, -0.15) is 0 Å². The zero-order chi connectivity index (χ0) is 10.8. The Morgan fingerprint density at radius 3 is 2.67 bits per heavy atom. The Morgan fingerprint density at radius 2 is 1.93 bits per heavy atom. The van der Waals surface area contributed by atoms with Crippen LogP contribution in [0.15, 0.2) is 41.4 Å². The number of hydrogen-bond donors (Lipinski definition) is 2. The van der Waals surface area contributed by atoms with E-state index in [0.717, 1.165) is 21.5 Å². The van der Waals surface area contributed by atoms with Crippen molar-refractivity contribution in [3.8, 4) is 0 Å². The maximum atomic E-state index is 6.03. The highest BCUT2D eigenvalue weighted by atomic mass is 35.5. The van der Waals surface area contributed by atoms with Crippen molar-refractivity contribution in [3.05, 3.63) is 41.4 Å². The highest BCUT2D eigenvalue weighted by Crippen LogP contribution is 2.26. The summed E-state index contributed by atoms with van der Waals surface area (Å²) in [6, 6.07) is 11.3. The van der Waals surface area contributed by atoms with Gasteiger partial charge in [0, 0.05) is 10.4 Å². The molecule has 76 valence electrons. The summed E-state index contributed by atoms with van der Waals surface area (Å²) in [5.74, 6) is 0.0522. The lowest BCUT2D eigenvalue weighted by Crippen LogP contribution is -2.21. The summed E-state index contributed by atoms with van der Waals surface area (Å²) >= 11 is 6.03. The molecule has 0 saturated heterocycles. The summed E-state index contributed by atoms with van der Waals surface area (Å²) in [5, 5.41) is 2.74. The number of guanidine groups is 1. The molecule has 15 heavy (non-hydrogen) atoms. The lowest BCUT2D eigenvalue weighted by atomic mass is 10.1. The van der Waals surface area contributed by atoms with Crippen LogP contribution in [0.3, 0.4) is 0 Å². The van der Waals surface area contributed by atoms with E-state index >= 15 is 0 Å². The standard InChI is InChI=1S/C11H10ClN3/c12-10-3-1-2-7-6-8(15-11(13)14)4-5-9(7)10/h1-6H,(H4,13,14,15). The predicted molar refractivity (Wildman–Crippen MR) is 64.4 cm³/mol. The van der Waals surface area contributed by atoms with Crippen molar-refractivity contribution in [2.75, 3.05) is 0 Å². The number of nitrogens with two attached hydrogens (primary N) is 2. The molecule has 2 rings (SSSR count). The minimum atomic E-state index is 0.0522. The van der Waals surface area contributed by atoms with Gasteiger partial charge in [-0.15, -0.1) is 0 Å². The number of halogens is 1. The summed E-state index contributed by atoms with van der Waals surface area (Å²) in [6.45, 7) is 0. The zero-order valence-electron chi connectivity index (χ0n) is 7.94. The molecule has 0 aromatic heterocycles. The average Bonchev–Trinajstić information content (AvgIpc) is 2.17. The Labute approximate surface area is 92.4 Å². The van der Waals surface area contributed by atoms with Gasteiger partial charge in [-0.25, -0.2) is 4.99 Å². The molecule has 0 spiro atoms. The molecule has 4 heteroatoms. The Kier molecular flexibility index (Phi) is 2.47. The number of hydrogen-bond acceptors (Lipinski definition) is 1. The first-order valence-electron chi connectivity index (χ1n) is 4.45. The number of nitrogens with zero attached hydrogens (tertiary/aromatic N) is 1. The number of rotatable bonds is 1. The molecule has 2 aromatic rings. The quantitative estimate of drug-likeness (QED) is 0.572. The summed E-state index contributed by atoms with van der Waals surface area (Å²) in [4.78, 5) is 3.97. The summed E-state index contributed by atoms with van der Waals surface area (Å²) < 4.78 is 0. The van der Waals surface area contributed by atoms with Gasteiger partial charge in [0.25, 0.3) is 0 Å². The molecule has 0 unspecified atom stereocenters. The third kappa shape index (κ3) is 2.02. The van der Waals surface area contributed by atoms with Crippen LogP contribution in [0.4, 0.5) is 5.69 Å². The van der Waals surface area contributed by atoms with Crippen molar-refractivity contribution in [1.29, 1.82) is 0 Å². The summed E-state index contributed by atoms with van der Waals surface area (Å²) in [7, 11) is 0. The van der Waals surface area contributed by atoms with Gasteiger partial charge in [-0.05, 0) is 23.6 Å². The van der Waals surface area contributed by atoms with Crippen LogP contribution in [-0.4, -0.2) is 5.96 Å². The molecule has 0 saturated carbocycles. The predicted octanol–water partition coefficient (Wildman–Crippen LogP) is 2.40. The smallest absolute Gasteiger partial charge is 0.191 e. The molecule has 0 radical (unpaired) electrons. The second-order valence-electron chi connectivity index (χ2n) is 3.18. The highest BCUT2D eigenvalue weighted by molar-refractivity contribution is 6.35. The van der Waals surface area contributed by atoms with Gasteiger partial charge in [-0.1, -0.05) is 29.8 Å². The molecule has 2 aromatic carbocycles. The van der Waals surface area contributed by atoms with Gasteiger partial charge in [0.1, 0.15) is 0 Å². The molecule has 0 amide bonds. The van der Waals surface area contributed by atoms with E-state index in [9.17, 15) is 0 Å². The summed E-state index contributed by atoms with van der Waals surface area (Å²) in [5.41, 5.74) is 11.3. The number of fused-ring (bicyclic) bond motifs is 1. The second kappa shape index (κ2) is 3.79. The highest BCUT2D eigenvalue weighted by Gasteiger charge is 1.99. The minimum Gasteiger partial charge on any atom is -0.370 e. The largest absolute Gasteiger partial charge is 0.370 e. The molecular weight excluding hydrogens is 210 g/mol. The maximum Gasteiger partial charge on any atom is 0.191 e. The van der Waals surface area contributed by atoms with E-state index in [0.29, 0.717) is 0 Å². The van der Waals surface area contributed by atoms with Crippen molar-refractivity contribution >= 4 is 34.0 Å². The number of aliphatic imine (C=N–C) groups is 1. The minimum absolute atomic E-state index is 0.0522. The van der Waals surface area contributed by atoms with Crippen LogP contribution in [0, 0.1) is 0 Å². The molecular formula is C11H10ClN3. The zero-order valence-corrected chi connectivity index (χ0v) is 8.70. The lowest BCUT2D eigenvalue weighted by molar-refractivity contribution is 1.43. The Bertz CT molecular complexity index is 530. The van der Waals surface area contributed by atoms with Crippen LogP contribution in [0.5, 0.6) is 0 Å². The SMILES string of the molecule is NC(N)=Nc1ccc2c(Cl)cccc2c1. The monoisotopic (exact) mass is 219 g/mol. The Balaban J connectivity index is 2.62. The van der Waals surface area contributed by atoms with E-state index in [1.807, 2.05) is 36.4 Å². The molecule has 0 aliphatic rings. The van der Waals surface area contributed by atoms with E-state index in [1.54, 1.807) is 0 Å². The van der Waals surface area contributed by atoms with Gasteiger partial charge in [-0.3, -0.25) is 0 Å². The third-order valence-electron chi connectivity index (χ3n) is 2.07. The molecule has 0 aliphatic heterocycles. The average molecular weight is 220 g/mol. The summed E-state index contributed by atoms with van der Waals surface area (Å²) in [6.07, 6.45) is 0. The fourth-order valence-corrected chi connectivity index (χ4v) is 1.70. The first-order chi connectivity index (χ1) is 7.16. The van der Waals surface area contributed by atoms with Gasteiger partial charge in [0.2, 0.25) is 0 Å². The van der Waals surface area contributed by atoms with Crippen LogP contribution in [0.25, 0.3) is 10.8 Å². The van der Waals surface area contributed by atoms with E-state index in [4.69, 9.17) is 23.1 Å². The first-order valence-corrected chi connectivity index (χ1v) is 4.82. The molecule has 0 atom stereocenters.